The fourth-order valence-corrected chi connectivity index (χ4v) is 2.27. The van der Waals surface area contributed by atoms with Crippen LogP contribution < -0.4 is 5.32 Å². The molecule has 0 aliphatic heterocycles. The van der Waals surface area contributed by atoms with E-state index in [1.54, 1.807) is 6.07 Å². The molecule has 90 valence electrons. The Morgan fingerprint density at radius 1 is 1.29 bits per heavy atom. The van der Waals surface area contributed by atoms with E-state index in [1.165, 1.54) is 5.56 Å². The third-order valence-corrected chi connectivity index (χ3v) is 3.27. The summed E-state index contributed by atoms with van der Waals surface area (Å²) in [5.41, 5.74) is 2.29. The van der Waals surface area contributed by atoms with Crippen molar-refractivity contribution in [3.05, 3.63) is 57.8 Å². The summed E-state index contributed by atoms with van der Waals surface area (Å²) in [6.45, 7) is 2.89. The highest BCUT2D eigenvalue weighted by atomic mass is 35.5. The zero-order valence-corrected chi connectivity index (χ0v) is 11.0. The second-order valence-electron chi connectivity index (χ2n) is 3.99. The van der Waals surface area contributed by atoms with Gasteiger partial charge in [0.05, 0.1) is 0 Å². The molecule has 0 saturated carbocycles. The van der Waals surface area contributed by atoms with Gasteiger partial charge in [0.1, 0.15) is 0 Å². The van der Waals surface area contributed by atoms with E-state index in [1.807, 2.05) is 30.6 Å². The minimum atomic E-state index is 0.190. The zero-order chi connectivity index (χ0) is 12.3. The molecule has 0 aliphatic rings. The maximum atomic E-state index is 6.15. The zero-order valence-electron chi connectivity index (χ0n) is 9.50. The van der Waals surface area contributed by atoms with Crippen molar-refractivity contribution in [1.82, 2.24) is 10.3 Å². The lowest BCUT2D eigenvalue weighted by Crippen LogP contribution is -2.18. The Bertz CT molecular complexity index is 480. The van der Waals surface area contributed by atoms with Gasteiger partial charge in [-0.05, 0) is 36.2 Å². The largest absolute Gasteiger partial charge is 0.367 e. The SMILES string of the molecule is CC(NCc1cc[nH]c1)c1ccc(Cl)cc1Cl. The van der Waals surface area contributed by atoms with E-state index in [0.717, 1.165) is 12.1 Å². The molecular weight excluding hydrogens is 255 g/mol. The summed E-state index contributed by atoms with van der Waals surface area (Å²) in [6.07, 6.45) is 3.89. The van der Waals surface area contributed by atoms with Gasteiger partial charge in [0, 0.05) is 35.0 Å². The Balaban J connectivity index is 2.01. The van der Waals surface area contributed by atoms with E-state index < -0.39 is 0 Å². The van der Waals surface area contributed by atoms with E-state index in [9.17, 15) is 0 Å². The molecular formula is C13H14Cl2N2. The van der Waals surface area contributed by atoms with Crippen molar-refractivity contribution in [2.24, 2.45) is 0 Å². The lowest BCUT2D eigenvalue weighted by atomic mass is 10.1. The maximum absolute atomic E-state index is 6.15. The Labute approximate surface area is 111 Å². The Morgan fingerprint density at radius 2 is 2.12 bits per heavy atom. The summed E-state index contributed by atoms with van der Waals surface area (Å²) in [4.78, 5) is 3.03. The van der Waals surface area contributed by atoms with Gasteiger partial charge in [0.25, 0.3) is 0 Å². The number of halogens is 2. The van der Waals surface area contributed by atoms with Crippen LogP contribution in [0.3, 0.4) is 0 Å². The normalized spacial score (nSPS) is 12.6. The van der Waals surface area contributed by atoms with Gasteiger partial charge >= 0.3 is 0 Å². The van der Waals surface area contributed by atoms with Gasteiger partial charge in [-0.3, -0.25) is 0 Å². The fraction of sp³-hybridized carbons (Fsp3) is 0.231. The molecule has 1 aromatic heterocycles. The maximum Gasteiger partial charge on any atom is 0.0468 e. The second-order valence-corrected chi connectivity index (χ2v) is 4.83. The van der Waals surface area contributed by atoms with Crippen molar-refractivity contribution >= 4 is 23.2 Å². The van der Waals surface area contributed by atoms with E-state index in [0.29, 0.717) is 10.0 Å². The number of aromatic amines is 1. The van der Waals surface area contributed by atoms with Crippen LogP contribution in [-0.4, -0.2) is 4.98 Å². The molecule has 2 aromatic rings. The van der Waals surface area contributed by atoms with E-state index in [-0.39, 0.29) is 6.04 Å². The summed E-state index contributed by atoms with van der Waals surface area (Å²) in [6, 6.07) is 7.82. The molecule has 1 heterocycles. The number of benzene rings is 1. The first-order chi connectivity index (χ1) is 8.16. The number of rotatable bonds is 4. The van der Waals surface area contributed by atoms with E-state index in [4.69, 9.17) is 23.2 Å². The fourth-order valence-electron chi connectivity index (χ4n) is 1.70. The molecule has 0 saturated heterocycles. The summed E-state index contributed by atoms with van der Waals surface area (Å²) >= 11 is 12.0. The van der Waals surface area contributed by atoms with Crippen molar-refractivity contribution in [1.29, 1.82) is 0 Å². The van der Waals surface area contributed by atoms with Crippen molar-refractivity contribution in [3.63, 3.8) is 0 Å². The molecule has 1 atom stereocenters. The first-order valence-corrected chi connectivity index (χ1v) is 6.22. The van der Waals surface area contributed by atoms with E-state index in [2.05, 4.69) is 17.2 Å². The van der Waals surface area contributed by atoms with Crippen LogP contribution in [0.2, 0.25) is 10.0 Å². The molecule has 0 bridgehead atoms. The molecule has 17 heavy (non-hydrogen) atoms. The Hall–Kier alpha value is -0.960. The van der Waals surface area contributed by atoms with Crippen LogP contribution in [0.4, 0.5) is 0 Å². The summed E-state index contributed by atoms with van der Waals surface area (Å²) in [5, 5.41) is 4.78. The topological polar surface area (TPSA) is 27.8 Å². The average Bonchev–Trinajstić information content (AvgIpc) is 2.78. The van der Waals surface area contributed by atoms with Gasteiger partial charge in [-0.25, -0.2) is 0 Å². The summed E-state index contributed by atoms with van der Waals surface area (Å²) in [7, 11) is 0. The molecule has 0 spiro atoms. The molecule has 0 aliphatic carbocycles. The number of hydrogen-bond donors (Lipinski definition) is 2. The van der Waals surface area contributed by atoms with Gasteiger partial charge in [-0.1, -0.05) is 29.3 Å². The van der Waals surface area contributed by atoms with Crippen LogP contribution in [0.25, 0.3) is 0 Å². The number of H-pyrrole nitrogens is 1. The first-order valence-electron chi connectivity index (χ1n) is 5.47. The van der Waals surface area contributed by atoms with Crippen LogP contribution in [0, 0.1) is 0 Å². The predicted octanol–water partition coefficient (Wildman–Crippen LogP) is 4.17. The van der Waals surface area contributed by atoms with Crippen molar-refractivity contribution in [3.8, 4) is 0 Å². The molecule has 0 fully saturated rings. The smallest absolute Gasteiger partial charge is 0.0468 e. The quantitative estimate of drug-likeness (QED) is 0.856. The molecule has 2 rings (SSSR count). The minimum absolute atomic E-state index is 0.190. The molecule has 4 heteroatoms. The predicted molar refractivity (Wildman–Crippen MR) is 72.5 cm³/mol. The van der Waals surface area contributed by atoms with Crippen molar-refractivity contribution in [2.75, 3.05) is 0 Å². The van der Waals surface area contributed by atoms with Crippen LogP contribution >= 0.6 is 23.2 Å². The van der Waals surface area contributed by atoms with Crippen LogP contribution in [-0.2, 0) is 6.54 Å². The van der Waals surface area contributed by atoms with Crippen molar-refractivity contribution in [2.45, 2.75) is 19.5 Å². The second kappa shape index (κ2) is 5.58. The number of aromatic nitrogens is 1. The molecule has 1 unspecified atom stereocenters. The molecule has 2 N–H and O–H groups in total. The standard InChI is InChI=1S/C13H14Cl2N2/c1-9(17-8-10-4-5-16-7-10)12-3-2-11(14)6-13(12)15/h2-7,9,16-17H,8H2,1H3. The lowest BCUT2D eigenvalue weighted by Gasteiger charge is -2.15. The monoisotopic (exact) mass is 268 g/mol. The third-order valence-electron chi connectivity index (χ3n) is 2.70. The summed E-state index contributed by atoms with van der Waals surface area (Å²) in [5.74, 6) is 0. The van der Waals surface area contributed by atoms with Gasteiger partial charge in [0.2, 0.25) is 0 Å². The van der Waals surface area contributed by atoms with Crippen LogP contribution in [0.1, 0.15) is 24.1 Å². The summed E-state index contributed by atoms with van der Waals surface area (Å²) < 4.78 is 0. The number of nitrogens with one attached hydrogen (secondary N) is 2. The van der Waals surface area contributed by atoms with Gasteiger partial charge in [0.15, 0.2) is 0 Å². The Morgan fingerprint density at radius 3 is 2.76 bits per heavy atom. The molecule has 1 aromatic carbocycles. The average molecular weight is 269 g/mol. The Kier molecular flexibility index (Phi) is 4.11. The molecule has 2 nitrogen and oxygen atoms in total. The van der Waals surface area contributed by atoms with E-state index >= 15 is 0 Å². The highest BCUT2D eigenvalue weighted by molar-refractivity contribution is 6.35. The lowest BCUT2D eigenvalue weighted by molar-refractivity contribution is 0.575. The van der Waals surface area contributed by atoms with Crippen molar-refractivity contribution < 1.29 is 0 Å². The highest BCUT2D eigenvalue weighted by Crippen LogP contribution is 2.26. The van der Waals surface area contributed by atoms with Gasteiger partial charge in [-0.15, -0.1) is 0 Å². The highest BCUT2D eigenvalue weighted by Gasteiger charge is 2.09. The first kappa shape index (κ1) is 12.5. The molecule has 0 radical (unpaired) electrons. The van der Waals surface area contributed by atoms with Crippen LogP contribution in [0.15, 0.2) is 36.7 Å². The third kappa shape index (κ3) is 3.25. The van der Waals surface area contributed by atoms with Gasteiger partial charge in [-0.2, -0.15) is 0 Å². The van der Waals surface area contributed by atoms with Crippen LogP contribution in [0.5, 0.6) is 0 Å². The van der Waals surface area contributed by atoms with Gasteiger partial charge < -0.3 is 10.3 Å². The minimum Gasteiger partial charge on any atom is -0.367 e. The molecule has 0 amide bonds. The number of hydrogen-bond acceptors (Lipinski definition) is 1.